The summed E-state index contributed by atoms with van der Waals surface area (Å²) in [6.45, 7) is 2.46. The zero-order valence-electron chi connectivity index (χ0n) is 13.3. The van der Waals surface area contributed by atoms with E-state index in [1.54, 1.807) is 5.48 Å². The van der Waals surface area contributed by atoms with Crippen LogP contribution in [0.25, 0.3) is 0 Å². The van der Waals surface area contributed by atoms with Gasteiger partial charge in [0.25, 0.3) is 0 Å². The molecule has 1 aliphatic heterocycles. The third-order valence-corrected chi connectivity index (χ3v) is 3.55. The van der Waals surface area contributed by atoms with Gasteiger partial charge in [-0.05, 0) is 12.5 Å². The highest BCUT2D eigenvalue weighted by Gasteiger charge is 2.29. The van der Waals surface area contributed by atoms with Crippen LogP contribution in [0.5, 0.6) is 0 Å². The molecule has 0 saturated carbocycles. The van der Waals surface area contributed by atoms with Crippen molar-refractivity contribution in [2.75, 3.05) is 26.9 Å². The number of hydroxylamine groups is 1. The molecule has 0 amide bonds. The maximum absolute atomic E-state index is 14.1. The second-order valence-corrected chi connectivity index (χ2v) is 5.14. The number of aliphatic imine (C=N–C) groups is 1. The van der Waals surface area contributed by atoms with Gasteiger partial charge in [-0.1, -0.05) is 6.92 Å². The van der Waals surface area contributed by atoms with E-state index in [4.69, 9.17) is 14.2 Å². The first-order valence-corrected chi connectivity index (χ1v) is 7.41. The van der Waals surface area contributed by atoms with E-state index in [1.165, 1.54) is 7.11 Å². The Bertz CT molecular complexity index is 607. The molecule has 134 valence electrons. The van der Waals surface area contributed by atoms with Crippen LogP contribution >= 0.6 is 0 Å². The molecule has 2 N–H and O–H groups in total. The van der Waals surface area contributed by atoms with Gasteiger partial charge in [-0.2, -0.15) is 0 Å². The van der Waals surface area contributed by atoms with Gasteiger partial charge >= 0.3 is 0 Å². The summed E-state index contributed by atoms with van der Waals surface area (Å²) in [5.74, 6) is -4.90. The standard InChI is InChI=1S/C15H19F3N2O4/c1-3-8(7-22-2)19-14(20-21)9-6-10(15-23-4-5-24-15)12(17)13(18)11(9)16/h6,8,15,21H,3-5,7H2,1-2H3,(H,19,20). The summed E-state index contributed by atoms with van der Waals surface area (Å²) >= 11 is 0. The number of rotatable bonds is 6. The number of methoxy groups -OCH3 is 1. The highest BCUT2D eigenvalue weighted by Crippen LogP contribution is 2.30. The summed E-state index contributed by atoms with van der Waals surface area (Å²) in [7, 11) is 1.47. The lowest BCUT2D eigenvalue weighted by atomic mass is 10.1. The predicted molar refractivity (Wildman–Crippen MR) is 78.4 cm³/mol. The maximum atomic E-state index is 14.1. The van der Waals surface area contributed by atoms with E-state index in [-0.39, 0.29) is 31.2 Å². The Labute approximate surface area is 137 Å². The monoisotopic (exact) mass is 348 g/mol. The molecule has 24 heavy (non-hydrogen) atoms. The summed E-state index contributed by atoms with van der Waals surface area (Å²) in [5.41, 5.74) is 0.998. The summed E-state index contributed by atoms with van der Waals surface area (Å²) in [5, 5.41) is 9.27. The lowest BCUT2D eigenvalue weighted by Gasteiger charge is -2.16. The maximum Gasteiger partial charge on any atom is 0.195 e. The lowest BCUT2D eigenvalue weighted by Crippen LogP contribution is -2.27. The van der Waals surface area contributed by atoms with Crippen molar-refractivity contribution in [3.05, 3.63) is 34.6 Å². The molecule has 9 heteroatoms. The van der Waals surface area contributed by atoms with E-state index in [9.17, 15) is 18.4 Å². The third kappa shape index (κ3) is 3.86. The van der Waals surface area contributed by atoms with Gasteiger partial charge in [-0.25, -0.2) is 13.2 Å². The minimum Gasteiger partial charge on any atom is -0.382 e. The van der Waals surface area contributed by atoms with Crippen LogP contribution in [0.2, 0.25) is 0 Å². The molecule has 1 atom stereocenters. The molecule has 1 unspecified atom stereocenters. The zero-order chi connectivity index (χ0) is 17.7. The molecule has 0 radical (unpaired) electrons. The molecule has 0 spiro atoms. The molecule has 1 heterocycles. The number of nitrogens with zero attached hydrogens (tertiary/aromatic N) is 1. The number of halogens is 3. The van der Waals surface area contributed by atoms with E-state index >= 15 is 0 Å². The SMILES string of the molecule is CCC(COC)N=C(NO)c1cc(C2OCCO2)c(F)c(F)c1F. The average Bonchev–Trinajstić information content (AvgIpc) is 3.11. The molecule has 1 fully saturated rings. The first-order valence-electron chi connectivity index (χ1n) is 7.41. The Morgan fingerprint density at radius 2 is 2.00 bits per heavy atom. The molecule has 0 aliphatic carbocycles. The van der Waals surface area contributed by atoms with Crippen molar-refractivity contribution in [3.63, 3.8) is 0 Å². The van der Waals surface area contributed by atoms with Crippen molar-refractivity contribution in [1.29, 1.82) is 0 Å². The summed E-state index contributed by atoms with van der Waals surface area (Å²) in [4.78, 5) is 4.09. The number of hydrogen-bond acceptors (Lipinski definition) is 5. The largest absolute Gasteiger partial charge is 0.382 e. The summed E-state index contributed by atoms with van der Waals surface area (Å²) in [6, 6.07) is 0.602. The van der Waals surface area contributed by atoms with Gasteiger partial charge in [0.05, 0.1) is 31.4 Å². The molecule has 2 rings (SSSR count). The van der Waals surface area contributed by atoms with Gasteiger partial charge in [0.2, 0.25) is 0 Å². The van der Waals surface area contributed by atoms with Crippen molar-refractivity contribution >= 4 is 5.84 Å². The third-order valence-electron chi connectivity index (χ3n) is 3.55. The molecule has 1 aromatic carbocycles. The molecule has 6 nitrogen and oxygen atoms in total. The van der Waals surface area contributed by atoms with Crippen molar-refractivity contribution < 1.29 is 32.6 Å². The molecular weight excluding hydrogens is 329 g/mol. The van der Waals surface area contributed by atoms with E-state index in [0.717, 1.165) is 6.07 Å². The number of ether oxygens (including phenoxy) is 3. The van der Waals surface area contributed by atoms with Crippen molar-refractivity contribution in [1.82, 2.24) is 5.48 Å². The molecule has 0 aromatic heterocycles. The van der Waals surface area contributed by atoms with E-state index in [2.05, 4.69) is 4.99 Å². The molecule has 1 aliphatic rings. The lowest BCUT2D eigenvalue weighted by molar-refractivity contribution is -0.0469. The van der Waals surface area contributed by atoms with Crippen LogP contribution in [0.4, 0.5) is 13.2 Å². The summed E-state index contributed by atoms with van der Waals surface area (Å²) in [6.07, 6.45) is -0.605. The predicted octanol–water partition coefficient (Wildman–Crippen LogP) is 2.30. The molecule has 1 aromatic rings. The molecule has 1 saturated heterocycles. The molecular formula is C15H19F3N2O4. The van der Waals surface area contributed by atoms with Crippen LogP contribution in [0, 0.1) is 17.5 Å². The Hall–Kier alpha value is -1.68. The van der Waals surface area contributed by atoms with Gasteiger partial charge in [0.15, 0.2) is 29.6 Å². The second kappa shape index (κ2) is 8.43. The highest BCUT2D eigenvalue weighted by molar-refractivity contribution is 5.98. The number of nitrogens with one attached hydrogen (secondary N) is 1. The average molecular weight is 348 g/mol. The Balaban J connectivity index is 2.48. The minimum absolute atomic E-state index is 0.212. The van der Waals surface area contributed by atoms with Gasteiger partial charge < -0.3 is 14.2 Å². The molecule has 0 bridgehead atoms. The fourth-order valence-corrected chi connectivity index (χ4v) is 2.29. The summed E-state index contributed by atoms with van der Waals surface area (Å²) < 4.78 is 57.3. The Kier molecular flexibility index (Phi) is 6.55. The fraction of sp³-hybridized carbons (Fsp3) is 0.533. The van der Waals surface area contributed by atoms with Crippen LogP contribution in [0.15, 0.2) is 11.1 Å². The van der Waals surface area contributed by atoms with E-state index < -0.39 is 35.3 Å². The van der Waals surface area contributed by atoms with Crippen LogP contribution in [-0.2, 0) is 14.2 Å². The Morgan fingerprint density at radius 3 is 2.54 bits per heavy atom. The van der Waals surface area contributed by atoms with E-state index in [1.807, 2.05) is 6.92 Å². The zero-order valence-corrected chi connectivity index (χ0v) is 13.3. The first kappa shape index (κ1) is 18.7. The number of hydrogen-bond donors (Lipinski definition) is 2. The van der Waals surface area contributed by atoms with Gasteiger partial charge in [-0.15, -0.1) is 0 Å². The topological polar surface area (TPSA) is 72.3 Å². The van der Waals surface area contributed by atoms with Crippen LogP contribution in [0.1, 0.15) is 30.8 Å². The van der Waals surface area contributed by atoms with Crippen LogP contribution in [0.3, 0.4) is 0 Å². The van der Waals surface area contributed by atoms with Crippen molar-refractivity contribution in [2.24, 2.45) is 4.99 Å². The van der Waals surface area contributed by atoms with Crippen molar-refractivity contribution in [2.45, 2.75) is 25.7 Å². The van der Waals surface area contributed by atoms with Gasteiger partial charge in [-0.3, -0.25) is 15.7 Å². The smallest absolute Gasteiger partial charge is 0.195 e. The van der Waals surface area contributed by atoms with Gasteiger partial charge in [0.1, 0.15) is 0 Å². The Morgan fingerprint density at radius 1 is 1.33 bits per heavy atom. The quantitative estimate of drug-likeness (QED) is 0.357. The second-order valence-electron chi connectivity index (χ2n) is 5.14. The number of amidine groups is 1. The van der Waals surface area contributed by atoms with Crippen molar-refractivity contribution in [3.8, 4) is 0 Å². The highest BCUT2D eigenvalue weighted by atomic mass is 19.2. The van der Waals surface area contributed by atoms with Crippen LogP contribution in [-0.4, -0.2) is 44.0 Å². The number of benzene rings is 1. The van der Waals surface area contributed by atoms with Crippen LogP contribution < -0.4 is 5.48 Å². The normalized spacial score (nSPS) is 17.3. The first-order chi connectivity index (χ1) is 11.5. The van der Waals surface area contributed by atoms with Gasteiger partial charge in [0, 0.05) is 12.7 Å². The minimum atomic E-state index is -1.69. The van der Waals surface area contributed by atoms with E-state index in [0.29, 0.717) is 6.42 Å². The fourth-order valence-electron chi connectivity index (χ4n) is 2.29.